The number of nitrogens with one attached hydrogen (secondary N) is 1. The van der Waals surface area contributed by atoms with Gasteiger partial charge < -0.3 is 14.4 Å². The Balaban J connectivity index is 1.43. The number of H-pyrrole nitrogens is 1. The lowest BCUT2D eigenvalue weighted by molar-refractivity contribution is -0.227. The van der Waals surface area contributed by atoms with Gasteiger partial charge in [0, 0.05) is 12.0 Å². The molecule has 1 aromatic carbocycles. The number of fused-ring (bicyclic) bond motifs is 1. The smallest absolute Gasteiger partial charge is 0.404 e. The number of phosphoric ester groups is 1. The highest BCUT2D eigenvalue weighted by molar-refractivity contribution is 7.49. The van der Waals surface area contributed by atoms with Crippen molar-refractivity contribution in [3.63, 3.8) is 0 Å². The van der Waals surface area contributed by atoms with Gasteiger partial charge in [-0.1, -0.05) is 18.2 Å². The molecule has 162 valence electrons. The first kappa shape index (κ1) is 20.9. The van der Waals surface area contributed by atoms with Crippen molar-refractivity contribution in [1.29, 1.82) is 0 Å². The van der Waals surface area contributed by atoms with Crippen LogP contribution in [0.3, 0.4) is 0 Å². The Labute approximate surface area is 167 Å². The first-order chi connectivity index (χ1) is 14.2. The maximum atomic E-state index is 15.0. The monoisotopic (exact) mass is 446 g/mol. The molecule has 0 saturated carbocycles. The Hall–Kier alpha value is -2.37. The lowest BCUT2D eigenvalue weighted by atomic mass is 10.00. The number of nitrogens with zero attached hydrogens (tertiary/aromatic N) is 1. The zero-order valence-electron chi connectivity index (χ0n) is 15.3. The van der Waals surface area contributed by atoms with Crippen LogP contribution < -0.4 is 15.8 Å². The molecular formula is C17H17F2N2O8P. The largest absolute Gasteiger partial charge is 0.530 e. The summed E-state index contributed by atoms with van der Waals surface area (Å²) in [5.41, 5.74) is -1.55. The van der Waals surface area contributed by atoms with Crippen LogP contribution in [0.2, 0.25) is 0 Å². The molecule has 2 aromatic rings. The predicted molar refractivity (Wildman–Crippen MR) is 96.2 cm³/mol. The van der Waals surface area contributed by atoms with E-state index in [1.807, 2.05) is 0 Å². The predicted octanol–water partition coefficient (Wildman–Crippen LogP) is 1.40. The minimum Gasteiger partial charge on any atom is -0.404 e. The summed E-state index contributed by atoms with van der Waals surface area (Å²) in [6.45, 7) is -1.48. The molecule has 4 atom stereocenters. The van der Waals surface area contributed by atoms with E-state index < -0.39 is 62.5 Å². The third-order valence-electron chi connectivity index (χ3n) is 4.75. The van der Waals surface area contributed by atoms with Crippen molar-refractivity contribution in [3.8, 4) is 5.75 Å². The van der Waals surface area contributed by atoms with Gasteiger partial charge in [-0.15, -0.1) is 0 Å². The van der Waals surface area contributed by atoms with E-state index in [0.29, 0.717) is 16.3 Å². The summed E-state index contributed by atoms with van der Waals surface area (Å²) in [4.78, 5) is 24.7. The van der Waals surface area contributed by atoms with Gasteiger partial charge in [0.15, 0.2) is 0 Å². The zero-order valence-corrected chi connectivity index (χ0v) is 16.2. The summed E-state index contributed by atoms with van der Waals surface area (Å²) in [6, 6.07) is 5.52. The van der Waals surface area contributed by atoms with Crippen molar-refractivity contribution >= 4 is 7.82 Å². The zero-order chi connectivity index (χ0) is 21.5. The molecule has 1 saturated heterocycles. The molecular weight excluding hydrogens is 429 g/mol. The molecule has 1 fully saturated rings. The lowest BCUT2D eigenvalue weighted by Gasteiger charge is -2.38. The summed E-state index contributed by atoms with van der Waals surface area (Å²) < 4.78 is 62.2. The number of para-hydroxylation sites is 1. The Morgan fingerprint density at radius 1 is 1.37 bits per heavy atom. The van der Waals surface area contributed by atoms with E-state index in [0.717, 1.165) is 0 Å². The molecule has 4 rings (SSSR count). The number of phosphoric acid groups is 1. The van der Waals surface area contributed by atoms with Crippen molar-refractivity contribution in [3.05, 3.63) is 62.7 Å². The summed E-state index contributed by atoms with van der Waals surface area (Å²) in [5, 5.41) is 10.3. The van der Waals surface area contributed by atoms with Gasteiger partial charge in [-0.2, -0.15) is 4.39 Å². The first-order valence-corrected chi connectivity index (χ1v) is 10.3. The van der Waals surface area contributed by atoms with E-state index in [2.05, 4.69) is 0 Å². The average Bonchev–Trinajstić information content (AvgIpc) is 2.70. The third kappa shape index (κ3) is 4.09. The van der Waals surface area contributed by atoms with Gasteiger partial charge in [0.25, 0.3) is 5.56 Å². The van der Waals surface area contributed by atoms with Gasteiger partial charge >= 0.3 is 13.5 Å². The summed E-state index contributed by atoms with van der Waals surface area (Å²) in [6.07, 6.45) is -1.56. The van der Waals surface area contributed by atoms with Crippen LogP contribution in [0.5, 0.6) is 5.75 Å². The van der Waals surface area contributed by atoms with Crippen LogP contribution in [0.1, 0.15) is 18.0 Å². The fourth-order valence-corrected chi connectivity index (χ4v) is 4.42. The van der Waals surface area contributed by atoms with Gasteiger partial charge in [0.2, 0.25) is 11.7 Å². The Morgan fingerprint density at radius 3 is 2.90 bits per heavy atom. The molecule has 1 unspecified atom stereocenters. The number of aliphatic hydroxyl groups is 1. The van der Waals surface area contributed by atoms with E-state index in [1.165, 1.54) is 0 Å². The van der Waals surface area contributed by atoms with Crippen LogP contribution in [0.25, 0.3) is 0 Å². The van der Waals surface area contributed by atoms with Crippen molar-refractivity contribution in [1.82, 2.24) is 9.55 Å². The number of hydrogen-bond donors (Lipinski definition) is 2. The quantitative estimate of drug-likeness (QED) is 0.675. The lowest BCUT2D eigenvalue weighted by Crippen LogP contribution is -2.50. The first-order valence-electron chi connectivity index (χ1n) is 8.87. The van der Waals surface area contributed by atoms with Crippen LogP contribution in [-0.4, -0.2) is 39.8 Å². The minimum atomic E-state index is -4.11. The third-order valence-corrected chi connectivity index (χ3v) is 6.06. The maximum Gasteiger partial charge on any atom is 0.530 e. The number of hydrogen-bond acceptors (Lipinski definition) is 8. The second kappa shape index (κ2) is 7.71. The molecule has 0 aliphatic carbocycles. The van der Waals surface area contributed by atoms with E-state index in [1.54, 1.807) is 29.2 Å². The van der Waals surface area contributed by atoms with E-state index in [-0.39, 0.29) is 12.4 Å². The second-order valence-electron chi connectivity index (χ2n) is 6.87. The van der Waals surface area contributed by atoms with Crippen LogP contribution in [0.4, 0.5) is 8.78 Å². The maximum absolute atomic E-state index is 15.0. The van der Waals surface area contributed by atoms with Crippen LogP contribution >= 0.6 is 7.82 Å². The fraction of sp³-hybridized carbons (Fsp3) is 0.412. The topological polar surface area (TPSA) is 129 Å². The summed E-state index contributed by atoms with van der Waals surface area (Å²) in [7, 11) is -4.11. The van der Waals surface area contributed by atoms with E-state index in [9.17, 15) is 23.7 Å². The standard InChI is InChI=1S/C17H17F2N2O8P/c18-11-6-21(16(24)20-15(11)23)12-8-26-17(19,5-13(12)22)9-28-30(25)27-7-10-3-1-2-4-14(10)29-30/h1-4,6,12-13,22H,5,7-9H2,(H,20,23,24)/t12-,13-,17+,30?/m1/s1. The van der Waals surface area contributed by atoms with Crippen molar-refractivity contribution in [2.45, 2.75) is 31.0 Å². The Kier molecular flexibility index (Phi) is 5.37. The molecule has 0 bridgehead atoms. The Bertz CT molecular complexity index is 1120. The number of halogens is 2. The van der Waals surface area contributed by atoms with Crippen molar-refractivity contribution < 1.29 is 36.8 Å². The fourth-order valence-electron chi connectivity index (χ4n) is 3.17. The second-order valence-corrected chi connectivity index (χ2v) is 8.46. The number of aliphatic hydroxyl groups excluding tert-OH is 1. The van der Waals surface area contributed by atoms with Crippen molar-refractivity contribution in [2.75, 3.05) is 13.2 Å². The van der Waals surface area contributed by atoms with Crippen LogP contribution in [0, 0.1) is 5.82 Å². The number of rotatable bonds is 4. The molecule has 2 aliphatic rings. The normalized spacial score (nSPS) is 31.0. The number of ether oxygens (including phenoxy) is 1. The molecule has 1 aromatic heterocycles. The highest BCUT2D eigenvalue weighted by atomic mass is 31.2. The molecule has 2 aliphatic heterocycles. The van der Waals surface area contributed by atoms with Gasteiger partial charge in [-0.25, -0.2) is 13.8 Å². The summed E-state index contributed by atoms with van der Waals surface area (Å²) in [5.74, 6) is -3.53. The molecule has 13 heteroatoms. The molecule has 3 heterocycles. The number of alkyl halides is 1. The van der Waals surface area contributed by atoms with Gasteiger partial charge in [0.1, 0.15) is 12.4 Å². The number of aromatic amines is 1. The molecule has 2 N–H and O–H groups in total. The molecule has 30 heavy (non-hydrogen) atoms. The highest BCUT2D eigenvalue weighted by Gasteiger charge is 2.46. The number of benzene rings is 1. The van der Waals surface area contributed by atoms with Crippen LogP contribution in [0.15, 0.2) is 40.1 Å². The minimum absolute atomic E-state index is 0.0566. The Morgan fingerprint density at radius 2 is 2.13 bits per heavy atom. The van der Waals surface area contributed by atoms with E-state index >= 15 is 4.39 Å². The molecule has 0 radical (unpaired) electrons. The van der Waals surface area contributed by atoms with E-state index in [4.69, 9.17) is 18.3 Å². The molecule has 0 amide bonds. The highest BCUT2D eigenvalue weighted by Crippen LogP contribution is 2.55. The van der Waals surface area contributed by atoms with Crippen molar-refractivity contribution in [2.24, 2.45) is 0 Å². The molecule has 10 nitrogen and oxygen atoms in total. The van der Waals surface area contributed by atoms with Gasteiger partial charge in [0.05, 0.1) is 31.6 Å². The summed E-state index contributed by atoms with van der Waals surface area (Å²) >= 11 is 0. The average molecular weight is 446 g/mol. The van der Waals surface area contributed by atoms with Gasteiger partial charge in [-0.05, 0) is 6.07 Å². The number of aromatic nitrogens is 2. The van der Waals surface area contributed by atoms with Gasteiger partial charge in [-0.3, -0.25) is 23.4 Å². The SMILES string of the molecule is O=c1[nH]c(=O)n([C@@H]2CO[C@](F)(COP3(=O)OCc4ccccc4O3)C[C@H]2O)cc1F. The molecule has 0 spiro atoms. The van der Waals surface area contributed by atoms with Crippen LogP contribution in [-0.2, 0) is 25.0 Å².